The first-order valence-electron chi connectivity index (χ1n) is 4.91. The number of nitrogens with zero attached hydrogens (tertiary/aromatic N) is 5. The summed E-state index contributed by atoms with van der Waals surface area (Å²) < 4.78 is 1.40. The molecule has 0 spiro atoms. The summed E-state index contributed by atoms with van der Waals surface area (Å²) in [4.78, 5) is 21.4. The monoisotopic (exact) mass is 281 g/mol. The first-order valence-corrected chi connectivity index (χ1v) is 5.72. The van der Waals surface area contributed by atoms with E-state index < -0.39 is 16.6 Å². The first kappa shape index (κ1) is 13.0. The zero-order valence-corrected chi connectivity index (χ0v) is 10.4. The summed E-state index contributed by atoms with van der Waals surface area (Å²) in [5.74, 6) is -1.34. The Bertz CT molecular complexity index is 656. The molecular weight excluding hydrogens is 274 g/mol. The Morgan fingerprint density at radius 1 is 1.53 bits per heavy atom. The fourth-order valence-electron chi connectivity index (χ4n) is 1.32. The van der Waals surface area contributed by atoms with Gasteiger partial charge in [0.15, 0.2) is 0 Å². The Morgan fingerprint density at radius 2 is 2.26 bits per heavy atom. The van der Waals surface area contributed by atoms with Gasteiger partial charge in [0.25, 0.3) is 5.69 Å². The van der Waals surface area contributed by atoms with Crippen LogP contribution in [-0.4, -0.2) is 36.2 Å². The van der Waals surface area contributed by atoms with Crippen LogP contribution in [0.5, 0.6) is 0 Å². The number of aryl methyl sites for hydroxylation is 1. The van der Waals surface area contributed by atoms with Gasteiger partial charge in [-0.05, 0) is 34.3 Å². The number of carboxylic acids is 1. The van der Waals surface area contributed by atoms with Crippen LogP contribution in [0.4, 0.5) is 5.69 Å². The van der Waals surface area contributed by atoms with Crippen molar-refractivity contribution in [3.63, 3.8) is 0 Å². The number of nitro groups is 1. The van der Waals surface area contributed by atoms with Crippen molar-refractivity contribution in [1.29, 1.82) is 0 Å². The predicted octanol–water partition coefficient (Wildman–Crippen LogP) is 0.968. The SMILES string of the molecule is Cn1nnnc1Sc1ccc(C(=O)O)c([N+](=O)[O-])c1. The highest BCUT2D eigenvalue weighted by atomic mass is 32.2. The normalized spacial score (nSPS) is 10.4. The fourth-order valence-corrected chi connectivity index (χ4v) is 2.08. The van der Waals surface area contributed by atoms with E-state index in [4.69, 9.17) is 5.11 Å². The Labute approximate surface area is 110 Å². The number of nitro benzene ring substituents is 1. The van der Waals surface area contributed by atoms with Gasteiger partial charge in [0.2, 0.25) is 5.16 Å². The highest BCUT2D eigenvalue weighted by molar-refractivity contribution is 7.99. The molecule has 0 aliphatic heterocycles. The van der Waals surface area contributed by atoms with E-state index in [-0.39, 0.29) is 5.56 Å². The van der Waals surface area contributed by atoms with Gasteiger partial charge in [0, 0.05) is 18.0 Å². The fraction of sp³-hybridized carbons (Fsp3) is 0.111. The Kier molecular flexibility index (Phi) is 3.42. The molecule has 0 fully saturated rings. The molecule has 1 aromatic carbocycles. The molecule has 0 saturated heterocycles. The Morgan fingerprint density at radius 3 is 2.79 bits per heavy atom. The third-order valence-electron chi connectivity index (χ3n) is 2.19. The predicted molar refractivity (Wildman–Crippen MR) is 63.0 cm³/mol. The number of carboxylic acid groups (broad SMARTS) is 1. The molecule has 2 aromatic rings. The Hall–Kier alpha value is -2.49. The maximum absolute atomic E-state index is 10.9. The highest BCUT2D eigenvalue weighted by Crippen LogP contribution is 2.30. The number of hydrogen-bond donors (Lipinski definition) is 1. The lowest BCUT2D eigenvalue weighted by Gasteiger charge is -2.02. The quantitative estimate of drug-likeness (QED) is 0.649. The summed E-state index contributed by atoms with van der Waals surface area (Å²) in [5.41, 5.74) is -0.821. The van der Waals surface area contributed by atoms with Gasteiger partial charge in [-0.3, -0.25) is 10.1 Å². The van der Waals surface area contributed by atoms with Crippen LogP contribution < -0.4 is 0 Å². The van der Waals surface area contributed by atoms with Crippen LogP contribution in [0.3, 0.4) is 0 Å². The van der Waals surface area contributed by atoms with Crippen molar-refractivity contribution in [3.8, 4) is 0 Å². The average molecular weight is 281 g/mol. The van der Waals surface area contributed by atoms with E-state index in [1.165, 1.54) is 22.9 Å². The van der Waals surface area contributed by atoms with Crippen LogP contribution in [0.25, 0.3) is 0 Å². The standard InChI is InChI=1S/C9H7N5O4S/c1-13-9(10-11-12-13)19-5-2-3-6(8(15)16)7(4-5)14(17)18/h2-4H,1H3,(H,15,16). The van der Waals surface area contributed by atoms with E-state index in [2.05, 4.69) is 15.5 Å². The van der Waals surface area contributed by atoms with Gasteiger partial charge >= 0.3 is 5.97 Å². The van der Waals surface area contributed by atoms with Crippen molar-refractivity contribution in [1.82, 2.24) is 20.2 Å². The molecular formula is C9H7N5O4S. The van der Waals surface area contributed by atoms with Crippen molar-refractivity contribution in [3.05, 3.63) is 33.9 Å². The maximum Gasteiger partial charge on any atom is 0.342 e. The van der Waals surface area contributed by atoms with Crippen LogP contribution in [0.1, 0.15) is 10.4 Å². The molecule has 19 heavy (non-hydrogen) atoms. The number of benzene rings is 1. The van der Waals surface area contributed by atoms with Crippen LogP contribution in [-0.2, 0) is 7.05 Å². The van der Waals surface area contributed by atoms with Crippen LogP contribution in [0.2, 0.25) is 0 Å². The lowest BCUT2D eigenvalue weighted by atomic mass is 10.2. The zero-order valence-electron chi connectivity index (χ0n) is 9.55. The summed E-state index contributed by atoms with van der Waals surface area (Å²) in [6.07, 6.45) is 0. The van der Waals surface area contributed by atoms with Crippen LogP contribution in [0.15, 0.2) is 28.3 Å². The summed E-state index contributed by atoms with van der Waals surface area (Å²) >= 11 is 1.10. The molecule has 0 unspecified atom stereocenters. The second-order valence-electron chi connectivity index (χ2n) is 3.43. The molecule has 2 rings (SSSR count). The van der Waals surface area contributed by atoms with E-state index in [9.17, 15) is 14.9 Å². The molecule has 0 amide bonds. The van der Waals surface area contributed by atoms with E-state index in [1.807, 2.05) is 0 Å². The topological polar surface area (TPSA) is 124 Å². The second kappa shape index (κ2) is 5.02. The molecule has 0 radical (unpaired) electrons. The average Bonchev–Trinajstić information content (AvgIpc) is 2.74. The summed E-state index contributed by atoms with van der Waals surface area (Å²) in [7, 11) is 1.63. The number of aromatic carboxylic acids is 1. The number of aromatic nitrogens is 4. The molecule has 0 bridgehead atoms. The largest absolute Gasteiger partial charge is 0.477 e. The molecule has 9 nitrogen and oxygen atoms in total. The molecule has 0 aliphatic rings. The number of hydrogen-bond acceptors (Lipinski definition) is 7. The third-order valence-corrected chi connectivity index (χ3v) is 3.20. The molecule has 1 heterocycles. The Balaban J connectivity index is 2.39. The molecule has 10 heteroatoms. The molecule has 98 valence electrons. The number of tetrazole rings is 1. The lowest BCUT2D eigenvalue weighted by Crippen LogP contribution is -2.02. The van der Waals surface area contributed by atoms with E-state index >= 15 is 0 Å². The van der Waals surface area contributed by atoms with Gasteiger partial charge in [-0.2, -0.15) is 0 Å². The summed E-state index contributed by atoms with van der Waals surface area (Å²) in [6.45, 7) is 0. The van der Waals surface area contributed by atoms with Gasteiger partial charge < -0.3 is 5.11 Å². The van der Waals surface area contributed by atoms with Crippen molar-refractivity contribution in [2.24, 2.45) is 7.05 Å². The van der Waals surface area contributed by atoms with Crippen LogP contribution >= 0.6 is 11.8 Å². The third kappa shape index (κ3) is 2.68. The van der Waals surface area contributed by atoms with Crippen LogP contribution in [0, 0.1) is 10.1 Å². The van der Waals surface area contributed by atoms with Gasteiger partial charge in [-0.25, -0.2) is 9.48 Å². The van der Waals surface area contributed by atoms with Crippen molar-refractivity contribution in [2.75, 3.05) is 0 Å². The van der Waals surface area contributed by atoms with Gasteiger partial charge in [0.05, 0.1) is 4.92 Å². The number of rotatable bonds is 4. The smallest absolute Gasteiger partial charge is 0.342 e. The minimum absolute atomic E-state index is 0.356. The first-order chi connectivity index (χ1) is 8.99. The molecule has 0 aliphatic carbocycles. The van der Waals surface area contributed by atoms with Crippen molar-refractivity contribution in [2.45, 2.75) is 10.1 Å². The molecule has 0 atom stereocenters. The molecule has 0 saturated carbocycles. The summed E-state index contributed by atoms with van der Waals surface area (Å²) in [6, 6.07) is 3.84. The van der Waals surface area contributed by atoms with Crippen molar-refractivity contribution >= 4 is 23.4 Å². The second-order valence-corrected chi connectivity index (χ2v) is 4.47. The van der Waals surface area contributed by atoms with Crippen molar-refractivity contribution < 1.29 is 14.8 Å². The molecule has 1 aromatic heterocycles. The summed E-state index contributed by atoms with van der Waals surface area (Å²) in [5, 5.41) is 30.9. The number of carbonyl (C=O) groups is 1. The van der Waals surface area contributed by atoms with E-state index in [0.717, 1.165) is 11.8 Å². The highest BCUT2D eigenvalue weighted by Gasteiger charge is 2.20. The van der Waals surface area contributed by atoms with Gasteiger partial charge in [-0.1, -0.05) is 0 Å². The molecule has 1 N–H and O–H groups in total. The van der Waals surface area contributed by atoms with E-state index in [1.54, 1.807) is 7.05 Å². The zero-order chi connectivity index (χ0) is 14.0. The van der Waals surface area contributed by atoms with E-state index in [0.29, 0.717) is 10.1 Å². The maximum atomic E-state index is 10.9. The lowest BCUT2D eigenvalue weighted by molar-refractivity contribution is -0.385. The van der Waals surface area contributed by atoms with Gasteiger partial charge in [0.1, 0.15) is 5.56 Å². The van der Waals surface area contributed by atoms with Gasteiger partial charge in [-0.15, -0.1) is 5.10 Å². The minimum Gasteiger partial charge on any atom is -0.477 e. The minimum atomic E-state index is -1.34.